The molecule has 6 heteroatoms. The van der Waals surface area contributed by atoms with Crippen molar-refractivity contribution in [2.45, 2.75) is 26.0 Å². The molecule has 0 unspecified atom stereocenters. The number of nitrogen functional groups attached to an aromatic ring is 1. The number of benzene rings is 1. The molecule has 2 rings (SSSR count). The second-order valence-corrected chi connectivity index (χ2v) is 5.18. The Morgan fingerprint density at radius 3 is 2.78 bits per heavy atom. The minimum atomic E-state index is -0.486. The zero-order chi connectivity index (χ0) is 13.5. The van der Waals surface area contributed by atoms with Crippen LogP contribution >= 0.6 is 11.6 Å². The molecule has 0 fully saturated rings. The van der Waals surface area contributed by atoms with Gasteiger partial charge >= 0.3 is 0 Å². The van der Waals surface area contributed by atoms with Crippen LogP contribution in [-0.4, -0.2) is 22.3 Å². The number of imidazole rings is 1. The number of nitrogens with zero attached hydrogens (tertiary/aromatic N) is 2. The number of anilines is 1. The summed E-state index contributed by atoms with van der Waals surface area (Å²) in [7, 11) is 1.62. The van der Waals surface area contributed by atoms with Crippen molar-refractivity contribution in [3.8, 4) is 0 Å². The van der Waals surface area contributed by atoms with Crippen LogP contribution in [0.15, 0.2) is 12.1 Å². The summed E-state index contributed by atoms with van der Waals surface area (Å²) in [5.41, 5.74) is 6.61. The number of hydrogen-bond donors (Lipinski definition) is 1. The highest BCUT2D eigenvalue weighted by molar-refractivity contribution is 6.31. The number of fused-ring (bicyclic) bond motifs is 1. The summed E-state index contributed by atoms with van der Waals surface area (Å²) in [6.45, 7) is 4.32. The Morgan fingerprint density at radius 2 is 2.17 bits per heavy atom. The van der Waals surface area contributed by atoms with Crippen LogP contribution in [0.25, 0.3) is 11.0 Å². The van der Waals surface area contributed by atoms with E-state index in [0.29, 0.717) is 23.5 Å². The fourth-order valence-corrected chi connectivity index (χ4v) is 1.91. The van der Waals surface area contributed by atoms with E-state index in [0.717, 1.165) is 0 Å². The summed E-state index contributed by atoms with van der Waals surface area (Å²) in [4.78, 5) is 4.17. The van der Waals surface area contributed by atoms with Gasteiger partial charge in [-0.05, 0) is 19.9 Å². The average Bonchev–Trinajstić information content (AvgIpc) is 2.57. The number of aromatic nitrogens is 2. The number of rotatable bonds is 3. The molecule has 0 amide bonds. The van der Waals surface area contributed by atoms with Crippen molar-refractivity contribution in [3.63, 3.8) is 0 Å². The highest BCUT2D eigenvalue weighted by atomic mass is 35.5. The molecule has 0 spiro atoms. The molecular formula is C12H15ClFN3O. The van der Waals surface area contributed by atoms with Gasteiger partial charge in [-0.3, -0.25) is 0 Å². The van der Waals surface area contributed by atoms with E-state index in [1.54, 1.807) is 11.7 Å². The normalized spacial score (nSPS) is 12.3. The van der Waals surface area contributed by atoms with Crippen LogP contribution in [0, 0.1) is 5.82 Å². The molecule has 18 heavy (non-hydrogen) atoms. The Balaban J connectivity index is 2.57. The minimum absolute atomic E-state index is 0.0400. The van der Waals surface area contributed by atoms with Gasteiger partial charge in [-0.1, -0.05) is 11.6 Å². The maximum absolute atomic E-state index is 13.5. The van der Waals surface area contributed by atoms with Crippen LogP contribution in [0.5, 0.6) is 0 Å². The van der Waals surface area contributed by atoms with Crippen LogP contribution in [0.4, 0.5) is 10.3 Å². The van der Waals surface area contributed by atoms with Crippen molar-refractivity contribution < 1.29 is 9.13 Å². The summed E-state index contributed by atoms with van der Waals surface area (Å²) in [6, 6.07) is 2.81. The lowest BCUT2D eigenvalue weighted by molar-refractivity contribution is 0.00946. The number of hydrogen-bond acceptors (Lipinski definition) is 3. The molecule has 2 aromatic rings. The van der Waals surface area contributed by atoms with Gasteiger partial charge in [0.05, 0.1) is 28.2 Å². The lowest BCUT2D eigenvalue weighted by Crippen LogP contribution is -2.29. The summed E-state index contributed by atoms with van der Waals surface area (Å²) >= 11 is 5.72. The van der Waals surface area contributed by atoms with Gasteiger partial charge in [0.1, 0.15) is 5.82 Å². The van der Waals surface area contributed by atoms with Gasteiger partial charge in [0.15, 0.2) is 0 Å². The summed E-state index contributed by atoms with van der Waals surface area (Å²) in [5, 5.41) is 0.0400. The van der Waals surface area contributed by atoms with Gasteiger partial charge < -0.3 is 15.0 Å². The van der Waals surface area contributed by atoms with Gasteiger partial charge in [-0.25, -0.2) is 9.37 Å². The molecule has 0 atom stereocenters. The maximum atomic E-state index is 13.5. The molecule has 0 bridgehead atoms. The highest BCUT2D eigenvalue weighted by Crippen LogP contribution is 2.26. The molecule has 0 saturated heterocycles. The van der Waals surface area contributed by atoms with Crippen molar-refractivity contribution in [3.05, 3.63) is 23.0 Å². The molecule has 0 aliphatic rings. The smallest absolute Gasteiger partial charge is 0.201 e. The van der Waals surface area contributed by atoms with Gasteiger partial charge in [-0.15, -0.1) is 0 Å². The Labute approximate surface area is 109 Å². The Bertz CT molecular complexity index is 595. The van der Waals surface area contributed by atoms with Gasteiger partial charge in [-0.2, -0.15) is 0 Å². The number of halogens is 2. The molecule has 98 valence electrons. The first kappa shape index (κ1) is 13.1. The standard InChI is InChI=1S/C12H15ClFN3O/c1-12(2,18-3)6-17-10-5-8(14)7(13)4-9(10)16-11(17)15/h4-5H,6H2,1-3H3,(H2,15,16). The van der Waals surface area contributed by atoms with Crippen LogP contribution in [0.2, 0.25) is 5.02 Å². The quantitative estimate of drug-likeness (QED) is 0.934. The molecule has 1 aromatic carbocycles. The fraction of sp³-hybridized carbons (Fsp3) is 0.417. The van der Waals surface area contributed by atoms with Gasteiger partial charge in [0.2, 0.25) is 5.95 Å². The second kappa shape index (κ2) is 4.40. The lowest BCUT2D eigenvalue weighted by atomic mass is 10.1. The minimum Gasteiger partial charge on any atom is -0.377 e. The van der Waals surface area contributed by atoms with Gasteiger partial charge in [0.25, 0.3) is 0 Å². The fourth-order valence-electron chi connectivity index (χ4n) is 1.75. The van der Waals surface area contributed by atoms with E-state index in [1.165, 1.54) is 12.1 Å². The van der Waals surface area contributed by atoms with Crippen molar-refractivity contribution in [2.24, 2.45) is 0 Å². The maximum Gasteiger partial charge on any atom is 0.201 e. The van der Waals surface area contributed by atoms with Crippen molar-refractivity contribution in [1.82, 2.24) is 9.55 Å². The molecule has 0 radical (unpaired) electrons. The number of methoxy groups -OCH3 is 1. The van der Waals surface area contributed by atoms with Crippen molar-refractivity contribution >= 4 is 28.6 Å². The van der Waals surface area contributed by atoms with Crippen molar-refractivity contribution in [1.29, 1.82) is 0 Å². The molecule has 2 N–H and O–H groups in total. The first-order chi connectivity index (χ1) is 8.34. The monoisotopic (exact) mass is 271 g/mol. The topological polar surface area (TPSA) is 53.1 Å². The Kier molecular flexibility index (Phi) is 3.21. The van der Waals surface area contributed by atoms with Crippen LogP contribution in [0.3, 0.4) is 0 Å². The summed E-state index contributed by atoms with van der Waals surface area (Å²) < 4.78 is 20.6. The predicted molar refractivity (Wildman–Crippen MR) is 70.2 cm³/mol. The number of ether oxygens (including phenoxy) is 1. The summed E-state index contributed by atoms with van der Waals surface area (Å²) in [5.74, 6) is -0.169. The zero-order valence-corrected chi connectivity index (χ0v) is 11.3. The largest absolute Gasteiger partial charge is 0.377 e. The third-order valence-electron chi connectivity index (χ3n) is 2.91. The van der Waals surface area contributed by atoms with E-state index in [1.807, 2.05) is 13.8 Å². The first-order valence-electron chi connectivity index (χ1n) is 5.50. The van der Waals surface area contributed by atoms with E-state index in [9.17, 15) is 4.39 Å². The van der Waals surface area contributed by atoms with Crippen LogP contribution < -0.4 is 5.73 Å². The van der Waals surface area contributed by atoms with E-state index in [4.69, 9.17) is 22.1 Å². The summed E-state index contributed by atoms with van der Waals surface area (Å²) in [6.07, 6.45) is 0. The lowest BCUT2D eigenvalue weighted by Gasteiger charge is -2.24. The first-order valence-corrected chi connectivity index (χ1v) is 5.88. The third-order valence-corrected chi connectivity index (χ3v) is 3.20. The predicted octanol–water partition coefficient (Wildman–Crippen LogP) is 2.84. The number of nitrogens with two attached hydrogens (primary N) is 1. The Hall–Kier alpha value is -1.33. The third kappa shape index (κ3) is 2.28. The molecule has 0 saturated carbocycles. The Morgan fingerprint density at radius 1 is 1.50 bits per heavy atom. The van der Waals surface area contributed by atoms with Crippen molar-refractivity contribution in [2.75, 3.05) is 12.8 Å². The highest BCUT2D eigenvalue weighted by Gasteiger charge is 2.21. The SMILES string of the molecule is COC(C)(C)Cn1c(N)nc2cc(Cl)c(F)cc21. The van der Waals surface area contributed by atoms with E-state index in [2.05, 4.69) is 4.98 Å². The van der Waals surface area contributed by atoms with E-state index < -0.39 is 11.4 Å². The van der Waals surface area contributed by atoms with Crippen LogP contribution in [-0.2, 0) is 11.3 Å². The molecule has 0 aliphatic heterocycles. The molecule has 0 aliphatic carbocycles. The zero-order valence-electron chi connectivity index (χ0n) is 10.5. The second-order valence-electron chi connectivity index (χ2n) is 4.77. The molecule has 1 aromatic heterocycles. The van der Waals surface area contributed by atoms with Gasteiger partial charge in [0, 0.05) is 13.2 Å². The van der Waals surface area contributed by atoms with E-state index in [-0.39, 0.29) is 5.02 Å². The molecule has 1 heterocycles. The van der Waals surface area contributed by atoms with E-state index >= 15 is 0 Å². The molecular weight excluding hydrogens is 257 g/mol. The van der Waals surface area contributed by atoms with Crippen LogP contribution in [0.1, 0.15) is 13.8 Å². The molecule has 4 nitrogen and oxygen atoms in total. The average molecular weight is 272 g/mol.